The van der Waals surface area contributed by atoms with E-state index in [9.17, 15) is 19.2 Å². The first kappa shape index (κ1) is 20.4. The molecule has 162 valence electrons. The molecule has 0 unspecified atom stereocenters. The van der Waals surface area contributed by atoms with Gasteiger partial charge in [0, 0.05) is 5.56 Å². The fourth-order valence-electron chi connectivity index (χ4n) is 5.14. The van der Waals surface area contributed by atoms with Crippen LogP contribution in [0, 0.1) is 37.5 Å². The number of fused-ring (bicyclic) bond motifs is 5. The van der Waals surface area contributed by atoms with Gasteiger partial charge < -0.3 is 4.74 Å². The van der Waals surface area contributed by atoms with Crippen molar-refractivity contribution >= 4 is 29.3 Å². The maximum atomic E-state index is 13.0. The lowest BCUT2D eigenvalue weighted by Crippen LogP contribution is -2.33. The molecule has 2 amide bonds. The molecular formula is C26H23NO5. The Morgan fingerprint density at radius 2 is 1.59 bits per heavy atom. The molecule has 5 rings (SSSR count). The third kappa shape index (κ3) is 3.18. The number of esters is 1. The number of Topliss-reactive ketones (excluding diaryl/α,β-unsaturated/α-hetero) is 1. The van der Waals surface area contributed by atoms with Crippen molar-refractivity contribution in [1.29, 1.82) is 0 Å². The van der Waals surface area contributed by atoms with Gasteiger partial charge in [-0.2, -0.15) is 0 Å². The van der Waals surface area contributed by atoms with Gasteiger partial charge in [-0.3, -0.25) is 14.4 Å². The molecule has 6 nitrogen and oxygen atoms in total. The van der Waals surface area contributed by atoms with Gasteiger partial charge in [0.05, 0.1) is 23.1 Å². The fourth-order valence-corrected chi connectivity index (χ4v) is 5.14. The van der Waals surface area contributed by atoms with Crippen molar-refractivity contribution in [3.8, 4) is 0 Å². The van der Waals surface area contributed by atoms with Crippen molar-refractivity contribution in [3.63, 3.8) is 0 Å². The number of aryl methyl sites for hydroxylation is 2. The Bertz CT molecular complexity index is 1170. The van der Waals surface area contributed by atoms with Crippen molar-refractivity contribution in [2.24, 2.45) is 23.7 Å². The lowest BCUT2D eigenvalue weighted by Gasteiger charge is -2.18. The van der Waals surface area contributed by atoms with E-state index < -0.39 is 5.97 Å². The predicted molar refractivity (Wildman–Crippen MR) is 117 cm³/mol. The Balaban J connectivity index is 1.29. The first-order valence-corrected chi connectivity index (χ1v) is 10.8. The minimum absolute atomic E-state index is 0.121. The van der Waals surface area contributed by atoms with E-state index in [0.29, 0.717) is 11.3 Å². The lowest BCUT2D eigenvalue weighted by atomic mass is 9.85. The zero-order valence-corrected chi connectivity index (χ0v) is 17.9. The predicted octanol–water partition coefficient (Wildman–Crippen LogP) is 3.65. The molecule has 0 spiro atoms. The largest absolute Gasteiger partial charge is 0.454 e. The number of hydrogen-bond acceptors (Lipinski definition) is 5. The summed E-state index contributed by atoms with van der Waals surface area (Å²) >= 11 is 0. The highest BCUT2D eigenvalue weighted by atomic mass is 16.5. The van der Waals surface area contributed by atoms with Crippen LogP contribution in [0.15, 0.2) is 54.6 Å². The monoisotopic (exact) mass is 429 g/mol. The number of hydrogen-bond donors (Lipinski definition) is 0. The highest BCUT2D eigenvalue weighted by Gasteiger charge is 2.59. The maximum absolute atomic E-state index is 13.0. The summed E-state index contributed by atoms with van der Waals surface area (Å²) in [6, 6.07) is 11.6. The third-order valence-electron chi connectivity index (χ3n) is 6.97. The van der Waals surface area contributed by atoms with Crippen molar-refractivity contribution in [2.75, 3.05) is 11.5 Å². The summed E-state index contributed by atoms with van der Waals surface area (Å²) in [6.45, 7) is 3.49. The fraction of sp³-hybridized carbons (Fsp3) is 0.308. The average Bonchev–Trinajstić information content (AvgIpc) is 3.47. The summed E-state index contributed by atoms with van der Waals surface area (Å²) in [5, 5.41) is 0. The maximum Gasteiger partial charge on any atom is 0.338 e. The number of anilines is 1. The molecule has 1 heterocycles. The zero-order valence-electron chi connectivity index (χ0n) is 17.9. The number of ketones is 1. The highest BCUT2D eigenvalue weighted by Crippen LogP contribution is 2.53. The molecule has 2 aliphatic carbocycles. The topological polar surface area (TPSA) is 80.8 Å². The Labute approximate surface area is 185 Å². The van der Waals surface area contributed by atoms with Gasteiger partial charge in [0.2, 0.25) is 11.8 Å². The molecule has 32 heavy (non-hydrogen) atoms. The lowest BCUT2D eigenvalue weighted by molar-refractivity contribution is -0.123. The molecule has 6 heteroatoms. The first-order valence-electron chi connectivity index (χ1n) is 10.8. The Kier molecular flexibility index (Phi) is 4.81. The van der Waals surface area contributed by atoms with E-state index in [4.69, 9.17) is 4.74 Å². The number of carbonyl (C=O) groups excluding carboxylic acids is 4. The average molecular weight is 429 g/mol. The molecule has 0 N–H and O–H groups in total. The van der Waals surface area contributed by atoms with E-state index in [1.54, 1.807) is 30.3 Å². The number of benzene rings is 2. The smallest absolute Gasteiger partial charge is 0.338 e. The van der Waals surface area contributed by atoms with Crippen LogP contribution in [0.1, 0.15) is 38.3 Å². The van der Waals surface area contributed by atoms with Crippen LogP contribution < -0.4 is 4.90 Å². The van der Waals surface area contributed by atoms with Crippen LogP contribution in [0.4, 0.5) is 5.69 Å². The second-order valence-electron chi connectivity index (χ2n) is 8.86. The van der Waals surface area contributed by atoms with Crippen molar-refractivity contribution in [1.82, 2.24) is 0 Å². The molecule has 3 aliphatic rings. The van der Waals surface area contributed by atoms with Crippen LogP contribution in [-0.2, 0) is 14.3 Å². The molecule has 2 aromatic carbocycles. The van der Waals surface area contributed by atoms with E-state index in [1.807, 2.05) is 32.1 Å². The molecule has 2 bridgehead atoms. The van der Waals surface area contributed by atoms with Gasteiger partial charge in [-0.15, -0.1) is 0 Å². The van der Waals surface area contributed by atoms with Crippen LogP contribution in [0.5, 0.6) is 0 Å². The molecule has 1 saturated carbocycles. The zero-order chi connectivity index (χ0) is 22.6. The number of rotatable bonds is 5. The number of carbonyl (C=O) groups is 4. The number of allylic oxidation sites excluding steroid dienone is 2. The second-order valence-corrected chi connectivity index (χ2v) is 8.86. The number of amides is 2. The first-order chi connectivity index (χ1) is 15.3. The molecule has 0 aromatic heterocycles. The summed E-state index contributed by atoms with van der Waals surface area (Å²) < 4.78 is 5.22. The highest BCUT2D eigenvalue weighted by molar-refractivity contribution is 6.23. The van der Waals surface area contributed by atoms with Gasteiger partial charge in [0.25, 0.3) is 0 Å². The molecule has 2 aromatic rings. The number of nitrogens with zero attached hydrogens (tertiary/aromatic N) is 1. The standard InChI is InChI=1S/C26H23NO5/c1-14-6-7-16(10-15(14)2)21(28)13-32-26(31)19-4-3-5-20(12-19)27-24(29)22-17-8-9-18(11-17)23(22)25(27)30/h3-10,12,17-18,22-23H,11,13H2,1-2H3/t17-,18+,22-,23+. The summed E-state index contributed by atoms with van der Waals surface area (Å²) in [5.74, 6) is -1.73. The molecule has 1 aliphatic heterocycles. The third-order valence-corrected chi connectivity index (χ3v) is 6.97. The van der Waals surface area contributed by atoms with E-state index in [0.717, 1.165) is 17.5 Å². The van der Waals surface area contributed by atoms with E-state index >= 15 is 0 Å². The second kappa shape index (κ2) is 7.55. The minimum Gasteiger partial charge on any atom is -0.454 e. The van der Waals surface area contributed by atoms with Crippen molar-refractivity contribution < 1.29 is 23.9 Å². The number of ether oxygens (including phenoxy) is 1. The van der Waals surface area contributed by atoms with Crippen molar-refractivity contribution in [2.45, 2.75) is 20.3 Å². The van der Waals surface area contributed by atoms with Crippen LogP contribution in [0.2, 0.25) is 0 Å². The molecule has 4 atom stereocenters. The minimum atomic E-state index is -0.676. The number of imide groups is 1. The van der Waals surface area contributed by atoms with Crippen LogP contribution >= 0.6 is 0 Å². The van der Waals surface area contributed by atoms with Gasteiger partial charge in [0.1, 0.15) is 0 Å². The van der Waals surface area contributed by atoms with E-state index in [1.165, 1.54) is 11.0 Å². The van der Waals surface area contributed by atoms with Gasteiger partial charge in [-0.25, -0.2) is 9.69 Å². The summed E-state index contributed by atoms with van der Waals surface area (Å²) in [4.78, 5) is 52.2. The van der Waals surface area contributed by atoms with Crippen molar-refractivity contribution in [3.05, 3.63) is 76.9 Å². The normalized spacial score (nSPS) is 25.4. The van der Waals surface area contributed by atoms with Gasteiger partial charge in [0.15, 0.2) is 12.4 Å². The summed E-state index contributed by atoms with van der Waals surface area (Å²) in [6.07, 6.45) is 4.95. The summed E-state index contributed by atoms with van der Waals surface area (Å²) in [5.41, 5.74) is 3.10. The van der Waals surface area contributed by atoms with Crippen LogP contribution in [0.3, 0.4) is 0 Å². The van der Waals surface area contributed by atoms with E-state index in [2.05, 4.69) is 0 Å². The molecular weight excluding hydrogens is 406 g/mol. The van der Waals surface area contributed by atoms with Gasteiger partial charge >= 0.3 is 5.97 Å². The molecule has 0 radical (unpaired) electrons. The van der Waals surface area contributed by atoms with Gasteiger partial charge in [-0.05, 0) is 67.5 Å². The Morgan fingerprint density at radius 1 is 0.906 bits per heavy atom. The quantitative estimate of drug-likeness (QED) is 0.314. The van der Waals surface area contributed by atoms with Gasteiger partial charge in [-0.1, -0.05) is 30.4 Å². The molecule has 1 saturated heterocycles. The van der Waals surface area contributed by atoms with Crippen LogP contribution in [0.25, 0.3) is 0 Å². The summed E-state index contributed by atoms with van der Waals surface area (Å²) in [7, 11) is 0. The SMILES string of the molecule is Cc1ccc(C(=O)COC(=O)c2cccc(N3C(=O)[C@@H]4[C@H](C3=O)[C@@H]3C=C[C@H]4C3)c2)cc1C. The Morgan fingerprint density at radius 3 is 2.25 bits per heavy atom. The van der Waals surface area contributed by atoms with Crippen LogP contribution in [-0.4, -0.2) is 30.2 Å². The Hall–Kier alpha value is -3.54. The molecule has 2 fully saturated rings. The van der Waals surface area contributed by atoms with E-state index in [-0.39, 0.29) is 53.4 Å².